The van der Waals surface area contributed by atoms with Gasteiger partial charge >= 0.3 is 0 Å². The second-order valence-electron chi connectivity index (χ2n) is 9.62. The van der Waals surface area contributed by atoms with E-state index in [9.17, 15) is 14.4 Å². The lowest BCUT2D eigenvalue weighted by atomic mass is 9.99. The summed E-state index contributed by atoms with van der Waals surface area (Å²) in [6, 6.07) is 18.0. The third-order valence-electron chi connectivity index (χ3n) is 7.08. The molecule has 4 rings (SSSR count). The van der Waals surface area contributed by atoms with Crippen LogP contribution in [0.25, 0.3) is 10.8 Å². The van der Waals surface area contributed by atoms with Gasteiger partial charge in [-0.05, 0) is 54.9 Å². The van der Waals surface area contributed by atoms with Gasteiger partial charge in [-0.1, -0.05) is 48.5 Å². The maximum Gasteiger partial charge on any atom is 0.253 e. The van der Waals surface area contributed by atoms with Gasteiger partial charge in [0, 0.05) is 7.11 Å². The lowest BCUT2D eigenvalue weighted by molar-refractivity contribution is -0.129. The molecule has 3 amide bonds. The molecular formula is C30H36N4O5. The summed E-state index contributed by atoms with van der Waals surface area (Å²) in [7, 11) is 3.24. The van der Waals surface area contributed by atoms with E-state index in [1.165, 1.54) is 4.90 Å². The number of ether oxygens (including phenoxy) is 2. The Morgan fingerprint density at radius 1 is 1.03 bits per heavy atom. The minimum atomic E-state index is -0.959. The quantitative estimate of drug-likeness (QED) is 0.390. The van der Waals surface area contributed by atoms with E-state index in [1.807, 2.05) is 61.5 Å². The van der Waals surface area contributed by atoms with Crippen LogP contribution < -0.4 is 20.4 Å². The first-order valence-corrected chi connectivity index (χ1v) is 13.1. The van der Waals surface area contributed by atoms with Crippen LogP contribution in [0.5, 0.6) is 0 Å². The second kappa shape index (κ2) is 12.8. The molecule has 206 valence electrons. The van der Waals surface area contributed by atoms with E-state index in [-0.39, 0.29) is 44.0 Å². The Morgan fingerprint density at radius 3 is 2.49 bits per heavy atom. The summed E-state index contributed by atoms with van der Waals surface area (Å²) in [5.74, 6) is -0.927. The average molecular weight is 533 g/mol. The van der Waals surface area contributed by atoms with Gasteiger partial charge in [0.25, 0.3) is 11.8 Å². The van der Waals surface area contributed by atoms with Crippen molar-refractivity contribution in [3.8, 4) is 0 Å². The van der Waals surface area contributed by atoms with E-state index in [2.05, 4.69) is 16.7 Å². The van der Waals surface area contributed by atoms with Crippen LogP contribution in [0.2, 0.25) is 0 Å². The molecule has 3 aromatic rings. The first-order valence-electron chi connectivity index (χ1n) is 13.1. The van der Waals surface area contributed by atoms with Crippen LogP contribution in [0.1, 0.15) is 18.1 Å². The van der Waals surface area contributed by atoms with E-state index in [1.54, 1.807) is 26.0 Å². The van der Waals surface area contributed by atoms with Gasteiger partial charge in [0.1, 0.15) is 12.6 Å². The number of hydrogen-bond donors (Lipinski definition) is 2. The molecule has 0 saturated heterocycles. The summed E-state index contributed by atoms with van der Waals surface area (Å²) in [4.78, 5) is 43.7. The van der Waals surface area contributed by atoms with E-state index >= 15 is 0 Å². The molecule has 0 spiro atoms. The van der Waals surface area contributed by atoms with E-state index in [0.29, 0.717) is 18.0 Å². The highest BCUT2D eigenvalue weighted by Gasteiger charge is 2.37. The number of hydrogen-bond acceptors (Lipinski definition) is 6. The SMILES string of the molecule is CNC(C)C(=O)NC1CN(C(=O)COCCOC)c2ccccc2N(Cc2c(C)ccc3ccccc23)C1=O. The third kappa shape index (κ3) is 6.27. The number of amides is 3. The van der Waals surface area contributed by atoms with Crippen LogP contribution in [0.15, 0.2) is 60.7 Å². The zero-order valence-electron chi connectivity index (χ0n) is 22.9. The molecule has 39 heavy (non-hydrogen) atoms. The van der Waals surface area contributed by atoms with Gasteiger partial charge in [-0.15, -0.1) is 0 Å². The number of fused-ring (bicyclic) bond motifs is 2. The number of likely N-dealkylation sites (N-methyl/N-ethyl adjacent to an activating group) is 1. The Morgan fingerprint density at radius 2 is 1.74 bits per heavy atom. The fourth-order valence-electron chi connectivity index (χ4n) is 4.71. The van der Waals surface area contributed by atoms with Crippen LogP contribution in [-0.4, -0.2) is 70.3 Å². The highest BCUT2D eigenvalue weighted by atomic mass is 16.5. The van der Waals surface area contributed by atoms with Gasteiger partial charge < -0.3 is 29.9 Å². The van der Waals surface area contributed by atoms with E-state index in [0.717, 1.165) is 21.9 Å². The number of aryl methyl sites for hydroxylation is 1. The Hall–Kier alpha value is -3.79. The lowest BCUT2D eigenvalue weighted by Crippen LogP contribution is -2.56. The van der Waals surface area contributed by atoms with Crippen molar-refractivity contribution in [3.05, 3.63) is 71.8 Å². The molecule has 9 nitrogen and oxygen atoms in total. The average Bonchev–Trinajstić information content (AvgIpc) is 3.06. The zero-order valence-corrected chi connectivity index (χ0v) is 22.9. The molecule has 0 radical (unpaired) electrons. The number of nitrogens with one attached hydrogen (secondary N) is 2. The Bertz CT molecular complexity index is 1340. The standard InChI is InChI=1S/C30H36N4O5/c1-20-13-14-22-9-5-6-10-23(22)24(20)17-34-27-12-8-7-11-26(27)33(28(35)19-39-16-15-38-4)18-25(30(34)37)32-29(36)21(2)31-3/h5-14,21,25,31H,15-19H2,1-4H3,(H,32,36). The van der Waals surface area contributed by atoms with Gasteiger partial charge in [0.15, 0.2) is 0 Å². The molecule has 2 N–H and O–H groups in total. The fourth-order valence-corrected chi connectivity index (χ4v) is 4.71. The summed E-state index contributed by atoms with van der Waals surface area (Å²) in [5, 5.41) is 7.91. The third-order valence-corrected chi connectivity index (χ3v) is 7.08. The van der Waals surface area contributed by atoms with Crippen molar-refractivity contribution in [2.45, 2.75) is 32.5 Å². The minimum Gasteiger partial charge on any atom is -0.382 e. The van der Waals surface area contributed by atoms with Crippen molar-refractivity contribution in [1.82, 2.24) is 10.6 Å². The number of benzene rings is 3. The molecule has 0 saturated carbocycles. The highest BCUT2D eigenvalue weighted by Crippen LogP contribution is 2.35. The van der Waals surface area contributed by atoms with E-state index < -0.39 is 12.1 Å². The summed E-state index contributed by atoms with van der Waals surface area (Å²) in [6.45, 7) is 4.46. The Labute approximate surface area is 229 Å². The monoisotopic (exact) mass is 532 g/mol. The van der Waals surface area contributed by atoms with Crippen LogP contribution in [0.3, 0.4) is 0 Å². The van der Waals surface area contributed by atoms with Crippen LogP contribution in [-0.2, 0) is 30.4 Å². The van der Waals surface area contributed by atoms with Crippen molar-refractivity contribution in [1.29, 1.82) is 0 Å². The second-order valence-corrected chi connectivity index (χ2v) is 9.62. The molecular weight excluding hydrogens is 496 g/mol. The van der Waals surface area contributed by atoms with Crippen molar-refractivity contribution < 1.29 is 23.9 Å². The smallest absolute Gasteiger partial charge is 0.253 e. The number of para-hydroxylation sites is 2. The largest absolute Gasteiger partial charge is 0.382 e. The van der Waals surface area contributed by atoms with Crippen molar-refractivity contribution in [2.75, 3.05) is 50.3 Å². The number of carbonyl (C=O) groups is 3. The Kier molecular flexibility index (Phi) is 9.29. The lowest BCUT2D eigenvalue weighted by Gasteiger charge is -2.27. The maximum absolute atomic E-state index is 14.2. The van der Waals surface area contributed by atoms with Crippen molar-refractivity contribution in [3.63, 3.8) is 0 Å². The molecule has 0 aromatic heterocycles. The number of anilines is 2. The topological polar surface area (TPSA) is 100 Å². The maximum atomic E-state index is 14.2. The summed E-state index contributed by atoms with van der Waals surface area (Å²) in [6.07, 6.45) is 0. The first kappa shape index (κ1) is 28.2. The molecule has 1 aliphatic heterocycles. The number of methoxy groups -OCH3 is 1. The summed E-state index contributed by atoms with van der Waals surface area (Å²) >= 11 is 0. The van der Waals surface area contributed by atoms with E-state index in [4.69, 9.17) is 9.47 Å². The predicted molar refractivity (Wildman–Crippen MR) is 152 cm³/mol. The molecule has 1 heterocycles. The van der Waals surface area contributed by atoms with Crippen LogP contribution >= 0.6 is 0 Å². The van der Waals surface area contributed by atoms with Gasteiger partial charge in [0.05, 0.1) is 43.7 Å². The van der Waals surface area contributed by atoms with Crippen molar-refractivity contribution >= 4 is 39.9 Å². The van der Waals surface area contributed by atoms with Gasteiger partial charge in [-0.3, -0.25) is 14.4 Å². The zero-order chi connectivity index (χ0) is 27.9. The molecule has 0 bridgehead atoms. The molecule has 0 fully saturated rings. The molecule has 3 aromatic carbocycles. The minimum absolute atomic E-state index is 0.0183. The first-order chi connectivity index (χ1) is 18.8. The molecule has 1 aliphatic rings. The number of carbonyl (C=O) groups excluding carboxylic acids is 3. The van der Waals surface area contributed by atoms with Gasteiger partial charge in [0.2, 0.25) is 5.91 Å². The van der Waals surface area contributed by atoms with Crippen LogP contribution in [0, 0.1) is 6.92 Å². The van der Waals surface area contributed by atoms with Crippen molar-refractivity contribution in [2.24, 2.45) is 0 Å². The molecule has 2 atom stereocenters. The molecule has 0 aliphatic carbocycles. The predicted octanol–water partition coefficient (Wildman–Crippen LogP) is 2.78. The normalized spacial score (nSPS) is 16.1. The molecule has 2 unspecified atom stereocenters. The van der Waals surface area contributed by atoms with Gasteiger partial charge in [-0.25, -0.2) is 0 Å². The molecule has 9 heteroatoms. The van der Waals surface area contributed by atoms with Gasteiger partial charge in [-0.2, -0.15) is 0 Å². The summed E-state index contributed by atoms with van der Waals surface area (Å²) < 4.78 is 10.5. The van der Waals surface area contributed by atoms with Crippen LogP contribution in [0.4, 0.5) is 11.4 Å². The number of rotatable bonds is 10. The highest BCUT2D eigenvalue weighted by molar-refractivity contribution is 6.08. The Balaban J connectivity index is 1.77. The summed E-state index contributed by atoms with van der Waals surface area (Å²) in [5.41, 5.74) is 3.24. The number of nitrogens with zero attached hydrogens (tertiary/aromatic N) is 2. The fraction of sp³-hybridized carbons (Fsp3) is 0.367.